The van der Waals surface area contributed by atoms with Gasteiger partial charge in [-0.1, -0.05) is 42.5 Å². The Hall–Kier alpha value is -3.37. The number of rotatable bonds is 5. The van der Waals surface area contributed by atoms with Gasteiger partial charge >= 0.3 is 0 Å². The number of aromatic amines is 1. The lowest BCUT2D eigenvalue weighted by molar-refractivity contribution is 0.0728. The number of hydrogen-bond donors (Lipinski definition) is 2. The average Bonchev–Trinajstić information content (AvgIpc) is 3.14. The van der Waals surface area contributed by atoms with Gasteiger partial charge in [-0.3, -0.25) is 9.29 Å². The number of phenols is 1. The third-order valence-corrected chi connectivity index (χ3v) is 7.61. The Morgan fingerprint density at radius 2 is 1.83 bits per heavy atom. The lowest BCUT2D eigenvalue weighted by Crippen LogP contribution is -2.46. The van der Waals surface area contributed by atoms with Crippen molar-refractivity contribution in [2.45, 2.75) is 32.7 Å². The van der Waals surface area contributed by atoms with E-state index in [1.165, 1.54) is 50.0 Å². The van der Waals surface area contributed by atoms with Crippen LogP contribution in [-0.2, 0) is 13.0 Å². The lowest BCUT2D eigenvalue weighted by Gasteiger charge is -2.37. The molecule has 0 bridgehead atoms. The summed E-state index contributed by atoms with van der Waals surface area (Å²) in [4.78, 5) is 5.92. The predicted octanol–water partition coefficient (Wildman–Crippen LogP) is 6.88. The summed E-state index contributed by atoms with van der Waals surface area (Å²) in [6, 6.07) is 23.4. The molecule has 1 saturated heterocycles. The van der Waals surface area contributed by atoms with E-state index in [1.807, 2.05) is 12.1 Å². The Kier molecular flexibility index (Phi) is 5.69. The molecule has 4 heteroatoms. The van der Waals surface area contributed by atoms with Crippen molar-refractivity contribution >= 4 is 22.0 Å². The second-order valence-electron chi connectivity index (χ2n) is 10.2. The number of hydrogen-bond acceptors (Lipinski definition) is 2. The van der Waals surface area contributed by atoms with E-state index in [4.69, 9.17) is 0 Å². The van der Waals surface area contributed by atoms with Gasteiger partial charge in [0.2, 0.25) is 0 Å². The van der Waals surface area contributed by atoms with Crippen LogP contribution in [0.4, 0.5) is 4.39 Å². The maximum absolute atomic E-state index is 12.8. The third kappa shape index (κ3) is 4.17. The van der Waals surface area contributed by atoms with Crippen LogP contribution in [0.1, 0.15) is 46.4 Å². The largest absolute Gasteiger partial charge is 0.508 e. The number of phenolic OH excluding ortho intramolecular Hbond substituents is 1. The number of nitrogens with one attached hydrogen (secondary N) is 1. The number of benzene rings is 3. The summed E-state index contributed by atoms with van der Waals surface area (Å²) < 4.78 is 12.8. The number of alkyl halides is 1. The lowest BCUT2D eigenvalue weighted by atomic mass is 9.86. The number of aryl methyl sites for hydroxylation is 2. The van der Waals surface area contributed by atoms with Crippen LogP contribution in [0, 0.1) is 12.8 Å². The van der Waals surface area contributed by atoms with Crippen molar-refractivity contribution in [3.8, 4) is 5.75 Å². The molecule has 0 amide bonds. The first-order valence-electron chi connectivity index (χ1n) is 12.6. The molecule has 1 aliphatic carbocycles. The van der Waals surface area contributed by atoms with Crippen molar-refractivity contribution in [2.75, 3.05) is 19.8 Å². The van der Waals surface area contributed by atoms with Crippen molar-refractivity contribution < 1.29 is 9.50 Å². The highest BCUT2D eigenvalue weighted by atomic mass is 19.1. The molecule has 1 aromatic heterocycles. The van der Waals surface area contributed by atoms with Crippen LogP contribution in [0.2, 0.25) is 0 Å². The summed E-state index contributed by atoms with van der Waals surface area (Å²) in [6.07, 6.45) is 3.00. The van der Waals surface area contributed by atoms with E-state index in [9.17, 15) is 9.50 Å². The monoisotopic (exact) mass is 466 g/mol. The van der Waals surface area contributed by atoms with E-state index in [0.717, 1.165) is 44.4 Å². The fourth-order valence-electron chi connectivity index (χ4n) is 5.86. The Morgan fingerprint density at radius 3 is 2.66 bits per heavy atom. The standard InChI is InChI=1S/C31H31FN2O/c1-20-5-2-3-7-27(20)29-8-4-6-22-14-26(35)11-12-28(22)31(29)24-10-9-23-13-25(33-30(23)15-24)19-34-17-21(16-32)18-34/h2-3,5,7,9-15,21,33,35H,4,6,8,16-19H2,1H3. The van der Waals surface area contributed by atoms with Gasteiger partial charge in [0.1, 0.15) is 5.75 Å². The summed E-state index contributed by atoms with van der Waals surface area (Å²) in [6.45, 7) is 4.48. The second-order valence-corrected chi connectivity index (χ2v) is 10.2. The normalized spacial score (nSPS) is 16.9. The summed E-state index contributed by atoms with van der Waals surface area (Å²) in [5.74, 6) is 0.528. The number of nitrogens with zero attached hydrogens (tertiary/aromatic N) is 1. The number of allylic oxidation sites excluding steroid dienone is 1. The Labute approximate surface area is 205 Å². The molecule has 2 heterocycles. The molecule has 1 fully saturated rings. The number of H-pyrrole nitrogens is 1. The number of halogens is 1. The molecule has 35 heavy (non-hydrogen) atoms. The summed E-state index contributed by atoms with van der Waals surface area (Å²) in [5, 5.41) is 11.4. The first kappa shape index (κ1) is 22.1. The molecule has 0 radical (unpaired) electrons. The number of likely N-dealkylation sites (tertiary alicyclic amines) is 1. The van der Waals surface area contributed by atoms with E-state index in [2.05, 4.69) is 71.4 Å². The number of aromatic nitrogens is 1. The van der Waals surface area contributed by atoms with Gasteiger partial charge in [-0.15, -0.1) is 0 Å². The van der Waals surface area contributed by atoms with Gasteiger partial charge in [0.15, 0.2) is 0 Å². The van der Waals surface area contributed by atoms with Crippen LogP contribution in [0.25, 0.3) is 22.0 Å². The molecule has 0 spiro atoms. The van der Waals surface area contributed by atoms with E-state index in [-0.39, 0.29) is 12.6 Å². The topological polar surface area (TPSA) is 39.3 Å². The molecule has 0 unspecified atom stereocenters. The molecule has 6 rings (SSSR count). The van der Waals surface area contributed by atoms with Crippen molar-refractivity contribution in [1.82, 2.24) is 9.88 Å². The third-order valence-electron chi connectivity index (χ3n) is 7.61. The van der Waals surface area contributed by atoms with Gasteiger partial charge in [-0.2, -0.15) is 0 Å². The highest BCUT2D eigenvalue weighted by molar-refractivity contribution is 6.02. The van der Waals surface area contributed by atoms with Crippen molar-refractivity contribution in [3.63, 3.8) is 0 Å². The summed E-state index contributed by atoms with van der Waals surface area (Å²) >= 11 is 0. The first-order chi connectivity index (χ1) is 17.1. The van der Waals surface area contributed by atoms with E-state index < -0.39 is 0 Å². The summed E-state index contributed by atoms with van der Waals surface area (Å²) in [7, 11) is 0. The predicted molar refractivity (Wildman–Crippen MR) is 141 cm³/mol. The van der Waals surface area contributed by atoms with Crippen molar-refractivity contribution in [3.05, 3.63) is 100 Å². The fraction of sp³-hybridized carbons (Fsp3) is 0.290. The molecular weight excluding hydrogens is 435 g/mol. The van der Waals surface area contributed by atoms with Crippen LogP contribution >= 0.6 is 0 Å². The van der Waals surface area contributed by atoms with Crippen LogP contribution in [0.5, 0.6) is 5.75 Å². The van der Waals surface area contributed by atoms with Gasteiger partial charge in [-0.25, -0.2) is 0 Å². The molecule has 2 aliphatic rings. The highest BCUT2D eigenvalue weighted by Crippen LogP contribution is 2.42. The number of fused-ring (bicyclic) bond motifs is 2. The van der Waals surface area contributed by atoms with Crippen LogP contribution in [0.3, 0.4) is 0 Å². The zero-order valence-corrected chi connectivity index (χ0v) is 20.2. The molecule has 3 nitrogen and oxygen atoms in total. The fourth-order valence-corrected chi connectivity index (χ4v) is 5.86. The van der Waals surface area contributed by atoms with Gasteiger partial charge < -0.3 is 10.1 Å². The Balaban J connectivity index is 1.46. The molecule has 3 aromatic carbocycles. The Bertz CT molecular complexity index is 1430. The van der Waals surface area contributed by atoms with Crippen LogP contribution < -0.4 is 0 Å². The second kappa shape index (κ2) is 9.01. The van der Waals surface area contributed by atoms with Gasteiger partial charge in [0.25, 0.3) is 0 Å². The molecular formula is C31H31FN2O. The molecule has 2 N–H and O–H groups in total. The van der Waals surface area contributed by atoms with Crippen molar-refractivity contribution in [1.29, 1.82) is 0 Å². The maximum atomic E-state index is 12.8. The molecule has 0 saturated carbocycles. The van der Waals surface area contributed by atoms with E-state index >= 15 is 0 Å². The molecule has 1 aliphatic heterocycles. The minimum atomic E-state index is -0.218. The first-order valence-corrected chi connectivity index (χ1v) is 12.6. The molecule has 4 aromatic rings. The Morgan fingerprint density at radius 1 is 0.971 bits per heavy atom. The maximum Gasteiger partial charge on any atom is 0.115 e. The zero-order chi connectivity index (χ0) is 23.9. The van der Waals surface area contributed by atoms with E-state index in [0.29, 0.717) is 5.75 Å². The van der Waals surface area contributed by atoms with Crippen molar-refractivity contribution in [2.24, 2.45) is 5.92 Å². The van der Waals surface area contributed by atoms with Crippen LogP contribution in [0.15, 0.2) is 66.7 Å². The minimum Gasteiger partial charge on any atom is -0.508 e. The van der Waals surface area contributed by atoms with Gasteiger partial charge in [0.05, 0.1) is 6.67 Å². The number of aromatic hydroxyl groups is 1. The molecule has 0 atom stereocenters. The smallest absolute Gasteiger partial charge is 0.115 e. The van der Waals surface area contributed by atoms with E-state index in [1.54, 1.807) is 0 Å². The van der Waals surface area contributed by atoms with Gasteiger partial charge in [0, 0.05) is 36.8 Å². The quantitative estimate of drug-likeness (QED) is 0.337. The van der Waals surface area contributed by atoms with Crippen LogP contribution in [-0.4, -0.2) is 34.8 Å². The zero-order valence-electron chi connectivity index (χ0n) is 20.2. The highest BCUT2D eigenvalue weighted by Gasteiger charge is 2.27. The minimum absolute atomic E-state index is 0.201. The summed E-state index contributed by atoms with van der Waals surface area (Å²) in [5.41, 5.74) is 11.1. The van der Waals surface area contributed by atoms with Gasteiger partial charge in [-0.05, 0) is 94.8 Å². The SMILES string of the molecule is Cc1ccccc1C1=C(c2ccc3cc(CN4CC(CF)C4)[nH]c3c2)c2ccc(O)cc2CCC1. The average molecular weight is 467 g/mol. The molecule has 178 valence electrons.